The smallest absolute Gasteiger partial charge is 0.243 e. The van der Waals surface area contributed by atoms with Crippen LogP contribution < -0.4 is 5.32 Å². The molecule has 3 aromatic rings. The van der Waals surface area contributed by atoms with Crippen LogP contribution in [0.5, 0.6) is 0 Å². The summed E-state index contributed by atoms with van der Waals surface area (Å²) in [5.41, 5.74) is 4.77. The molecule has 1 heterocycles. The summed E-state index contributed by atoms with van der Waals surface area (Å²) in [4.78, 5) is 16.3. The number of hydrogen-bond donors (Lipinski definition) is 1. The average molecular weight is 347 g/mol. The molecule has 2 aromatic carbocycles. The molecule has 0 radical (unpaired) electrons. The number of amides is 1. The second-order valence-corrected chi connectivity index (χ2v) is 6.42. The summed E-state index contributed by atoms with van der Waals surface area (Å²) >= 11 is 0. The zero-order chi connectivity index (χ0) is 18.4. The predicted molar refractivity (Wildman–Crippen MR) is 106 cm³/mol. The molecule has 0 unspecified atom stereocenters. The van der Waals surface area contributed by atoms with Crippen molar-refractivity contribution in [3.05, 3.63) is 77.6 Å². The SMILES string of the molecule is C/C=C\C(=O)NCCCc1nc2ccccc2n1Cc1ccccc1C. The van der Waals surface area contributed by atoms with Crippen LogP contribution >= 0.6 is 0 Å². The minimum Gasteiger partial charge on any atom is -0.353 e. The van der Waals surface area contributed by atoms with Crippen molar-refractivity contribution in [2.24, 2.45) is 0 Å². The Morgan fingerprint density at radius 2 is 1.92 bits per heavy atom. The third kappa shape index (κ3) is 4.20. The molecule has 0 fully saturated rings. The molecule has 0 aliphatic carbocycles. The largest absolute Gasteiger partial charge is 0.353 e. The van der Waals surface area contributed by atoms with Crippen molar-refractivity contribution in [3.63, 3.8) is 0 Å². The highest BCUT2D eigenvalue weighted by Crippen LogP contribution is 2.20. The molecule has 0 saturated carbocycles. The lowest BCUT2D eigenvalue weighted by atomic mass is 10.1. The molecule has 0 aliphatic heterocycles. The average Bonchev–Trinajstić information content (AvgIpc) is 2.98. The molecule has 26 heavy (non-hydrogen) atoms. The van der Waals surface area contributed by atoms with E-state index in [9.17, 15) is 4.79 Å². The van der Waals surface area contributed by atoms with Gasteiger partial charge in [-0.2, -0.15) is 0 Å². The van der Waals surface area contributed by atoms with E-state index in [1.54, 1.807) is 12.2 Å². The van der Waals surface area contributed by atoms with Crippen LogP contribution in [0.3, 0.4) is 0 Å². The number of para-hydroxylation sites is 2. The maximum atomic E-state index is 11.5. The summed E-state index contributed by atoms with van der Waals surface area (Å²) in [6, 6.07) is 16.7. The summed E-state index contributed by atoms with van der Waals surface area (Å²) in [5.74, 6) is 1.02. The number of fused-ring (bicyclic) bond motifs is 1. The minimum atomic E-state index is -0.0408. The second-order valence-electron chi connectivity index (χ2n) is 6.42. The Hall–Kier alpha value is -2.88. The van der Waals surface area contributed by atoms with Crippen LogP contribution in [0.2, 0.25) is 0 Å². The highest BCUT2D eigenvalue weighted by molar-refractivity contribution is 5.87. The normalized spacial score (nSPS) is 11.3. The molecule has 4 heteroatoms. The second kappa shape index (κ2) is 8.48. The maximum Gasteiger partial charge on any atom is 0.243 e. The van der Waals surface area contributed by atoms with E-state index in [1.165, 1.54) is 11.1 Å². The molecule has 4 nitrogen and oxygen atoms in total. The van der Waals surface area contributed by atoms with Crippen molar-refractivity contribution in [1.29, 1.82) is 0 Å². The molecule has 1 N–H and O–H groups in total. The van der Waals surface area contributed by atoms with E-state index in [2.05, 4.69) is 59.3 Å². The molecular formula is C22H25N3O. The van der Waals surface area contributed by atoms with Crippen LogP contribution in [0.25, 0.3) is 11.0 Å². The zero-order valence-electron chi connectivity index (χ0n) is 15.4. The van der Waals surface area contributed by atoms with Gasteiger partial charge in [-0.15, -0.1) is 0 Å². The van der Waals surface area contributed by atoms with Gasteiger partial charge < -0.3 is 9.88 Å². The van der Waals surface area contributed by atoms with E-state index >= 15 is 0 Å². The summed E-state index contributed by atoms with van der Waals surface area (Å²) in [5, 5.41) is 2.90. The Kier molecular flexibility index (Phi) is 5.84. The fourth-order valence-corrected chi connectivity index (χ4v) is 3.12. The van der Waals surface area contributed by atoms with Gasteiger partial charge in [0.25, 0.3) is 0 Å². The highest BCUT2D eigenvalue weighted by Gasteiger charge is 2.11. The van der Waals surface area contributed by atoms with Gasteiger partial charge in [0.15, 0.2) is 0 Å². The Balaban J connectivity index is 1.79. The van der Waals surface area contributed by atoms with Crippen molar-refractivity contribution < 1.29 is 4.79 Å². The van der Waals surface area contributed by atoms with Gasteiger partial charge in [-0.1, -0.05) is 42.5 Å². The van der Waals surface area contributed by atoms with Crippen molar-refractivity contribution in [3.8, 4) is 0 Å². The van der Waals surface area contributed by atoms with Gasteiger partial charge in [0.1, 0.15) is 5.82 Å². The number of rotatable bonds is 7. The van der Waals surface area contributed by atoms with E-state index in [0.29, 0.717) is 6.54 Å². The molecule has 0 spiro atoms. The first kappa shape index (κ1) is 17.9. The lowest BCUT2D eigenvalue weighted by molar-refractivity contribution is -0.116. The van der Waals surface area contributed by atoms with Crippen molar-refractivity contribution in [1.82, 2.24) is 14.9 Å². The number of imidazole rings is 1. The van der Waals surface area contributed by atoms with E-state index in [4.69, 9.17) is 4.98 Å². The first-order valence-corrected chi connectivity index (χ1v) is 9.08. The lowest BCUT2D eigenvalue weighted by Gasteiger charge is -2.11. The number of aryl methyl sites for hydroxylation is 2. The topological polar surface area (TPSA) is 46.9 Å². The molecular weight excluding hydrogens is 322 g/mol. The number of allylic oxidation sites excluding steroid dienone is 1. The molecule has 1 amide bonds. The Morgan fingerprint density at radius 3 is 2.73 bits per heavy atom. The van der Waals surface area contributed by atoms with Crippen LogP contribution in [-0.2, 0) is 17.8 Å². The van der Waals surface area contributed by atoms with Crippen LogP contribution in [0.1, 0.15) is 30.3 Å². The molecule has 3 rings (SSSR count). The maximum absolute atomic E-state index is 11.5. The number of nitrogens with one attached hydrogen (secondary N) is 1. The first-order chi connectivity index (χ1) is 12.7. The Morgan fingerprint density at radius 1 is 1.15 bits per heavy atom. The van der Waals surface area contributed by atoms with Gasteiger partial charge in [-0.3, -0.25) is 4.79 Å². The van der Waals surface area contributed by atoms with Gasteiger partial charge in [0.05, 0.1) is 11.0 Å². The number of carbonyl (C=O) groups excluding carboxylic acids is 1. The first-order valence-electron chi connectivity index (χ1n) is 9.08. The fraction of sp³-hybridized carbons (Fsp3) is 0.273. The molecule has 0 saturated heterocycles. The van der Waals surface area contributed by atoms with Gasteiger partial charge in [0.2, 0.25) is 5.91 Å². The number of benzene rings is 2. The van der Waals surface area contributed by atoms with Crippen LogP contribution in [0.15, 0.2) is 60.7 Å². The Labute approximate surface area is 154 Å². The number of hydrogen-bond acceptors (Lipinski definition) is 2. The van der Waals surface area contributed by atoms with Gasteiger partial charge >= 0.3 is 0 Å². The molecule has 0 bridgehead atoms. The number of carbonyl (C=O) groups is 1. The predicted octanol–water partition coefficient (Wildman–Crippen LogP) is 4.02. The van der Waals surface area contributed by atoms with E-state index in [1.807, 2.05) is 13.0 Å². The highest BCUT2D eigenvalue weighted by atomic mass is 16.1. The summed E-state index contributed by atoms with van der Waals surface area (Å²) in [6.45, 7) is 5.45. The Bertz CT molecular complexity index is 924. The van der Waals surface area contributed by atoms with Crippen LogP contribution in [0.4, 0.5) is 0 Å². The molecule has 134 valence electrons. The van der Waals surface area contributed by atoms with Crippen molar-refractivity contribution in [2.75, 3.05) is 6.54 Å². The van der Waals surface area contributed by atoms with Gasteiger partial charge in [-0.05, 0) is 49.6 Å². The van der Waals surface area contributed by atoms with Crippen LogP contribution in [0, 0.1) is 6.92 Å². The van der Waals surface area contributed by atoms with E-state index in [0.717, 1.165) is 36.2 Å². The van der Waals surface area contributed by atoms with Gasteiger partial charge in [-0.25, -0.2) is 4.98 Å². The van der Waals surface area contributed by atoms with Crippen molar-refractivity contribution >= 4 is 16.9 Å². The third-order valence-electron chi connectivity index (χ3n) is 4.52. The quantitative estimate of drug-likeness (QED) is 0.518. The van der Waals surface area contributed by atoms with Crippen molar-refractivity contribution in [2.45, 2.75) is 33.2 Å². The minimum absolute atomic E-state index is 0.0408. The molecule has 0 atom stereocenters. The summed E-state index contributed by atoms with van der Waals surface area (Å²) < 4.78 is 2.30. The lowest BCUT2D eigenvalue weighted by Crippen LogP contribution is -2.22. The monoisotopic (exact) mass is 347 g/mol. The molecule has 1 aromatic heterocycles. The summed E-state index contributed by atoms with van der Waals surface area (Å²) in [6.07, 6.45) is 4.99. The molecule has 0 aliphatic rings. The standard InChI is InChI=1S/C22H25N3O/c1-3-9-22(26)23-15-8-14-21-24-19-12-6-7-13-20(19)25(21)16-18-11-5-4-10-17(18)2/h3-7,9-13H,8,14-16H2,1-2H3,(H,23,26)/b9-3-. The van der Waals surface area contributed by atoms with E-state index < -0.39 is 0 Å². The number of nitrogens with zero attached hydrogens (tertiary/aromatic N) is 2. The third-order valence-corrected chi connectivity index (χ3v) is 4.52. The zero-order valence-corrected chi connectivity index (χ0v) is 15.4. The van der Waals surface area contributed by atoms with Gasteiger partial charge in [0, 0.05) is 19.5 Å². The van der Waals surface area contributed by atoms with Crippen LogP contribution in [-0.4, -0.2) is 22.0 Å². The number of aromatic nitrogens is 2. The van der Waals surface area contributed by atoms with E-state index in [-0.39, 0.29) is 5.91 Å². The fourth-order valence-electron chi connectivity index (χ4n) is 3.12. The summed E-state index contributed by atoms with van der Waals surface area (Å²) in [7, 11) is 0.